The molecule has 0 aliphatic carbocycles. The van der Waals surface area contributed by atoms with E-state index in [1.807, 2.05) is 0 Å². The Morgan fingerprint density at radius 3 is 2.08 bits per heavy atom. The van der Waals surface area contributed by atoms with Crippen LogP contribution in [0.3, 0.4) is 0 Å². The minimum absolute atomic E-state index is 0.0893. The summed E-state index contributed by atoms with van der Waals surface area (Å²) in [6.07, 6.45) is 0.944. The number of rotatable bonds is 6. The highest BCUT2D eigenvalue weighted by Gasteiger charge is 2.28. The van der Waals surface area contributed by atoms with E-state index in [1.54, 1.807) is 0 Å². The molecule has 1 heterocycles. The molecular weight excluding hydrogens is 425 g/mol. The van der Waals surface area contributed by atoms with Gasteiger partial charge in [-0.3, -0.25) is 0 Å². The van der Waals surface area contributed by atoms with Crippen LogP contribution in [0.25, 0.3) is 0 Å². The monoisotopic (exact) mass is 439 g/mol. The summed E-state index contributed by atoms with van der Waals surface area (Å²) < 4.78 is 54.6. The topological polar surface area (TPSA) is 107 Å². The van der Waals surface area contributed by atoms with Crippen LogP contribution >= 0.6 is 23.2 Å². The van der Waals surface area contributed by atoms with Crippen LogP contribution in [0.4, 0.5) is 11.5 Å². The molecule has 0 spiro atoms. The molecule has 8 nitrogen and oxygen atoms in total. The summed E-state index contributed by atoms with van der Waals surface area (Å²) in [4.78, 5) is 0. The highest BCUT2D eigenvalue weighted by Crippen LogP contribution is 2.37. The van der Waals surface area contributed by atoms with Crippen LogP contribution in [0.2, 0.25) is 10.0 Å². The zero-order chi connectivity index (χ0) is 19.7. The Morgan fingerprint density at radius 2 is 1.62 bits per heavy atom. The molecule has 0 aliphatic heterocycles. The van der Waals surface area contributed by atoms with E-state index in [1.165, 1.54) is 32.2 Å². The van der Waals surface area contributed by atoms with Crippen molar-refractivity contribution in [2.24, 2.45) is 0 Å². The molecular formula is C14H15Cl2N3O5S2. The van der Waals surface area contributed by atoms with Gasteiger partial charge in [-0.15, -0.1) is 10.2 Å². The van der Waals surface area contributed by atoms with Crippen LogP contribution in [0.15, 0.2) is 29.3 Å². The fourth-order valence-electron chi connectivity index (χ4n) is 2.07. The van der Waals surface area contributed by atoms with Gasteiger partial charge in [-0.1, -0.05) is 30.1 Å². The van der Waals surface area contributed by atoms with E-state index in [0.717, 1.165) is 16.6 Å². The number of sulfonamides is 1. The molecule has 0 atom stereocenters. The SMILES string of the molecule is CCS(=O)(=O)c1cc(OC)c(N(c2cc(Cl)cc(Cl)c2)S(C)(=O)=O)nn1. The second-order valence-corrected chi connectivity index (χ2v) is 10.1. The molecule has 26 heavy (non-hydrogen) atoms. The van der Waals surface area contributed by atoms with Crippen molar-refractivity contribution in [1.29, 1.82) is 0 Å². The third-order valence-corrected chi connectivity index (χ3v) is 6.32. The van der Waals surface area contributed by atoms with Crippen LogP contribution in [0, 0.1) is 0 Å². The number of hydrogen-bond acceptors (Lipinski definition) is 7. The van der Waals surface area contributed by atoms with E-state index < -0.39 is 19.9 Å². The molecule has 142 valence electrons. The van der Waals surface area contributed by atoms with Crippen molar-refractivity contribution < 1.29 is 21.6 Å². The normalized spacial score (nSPS) is 12.0. The van der Waals surface area contributed by atoms with Gasteiger partial charge in [0.05, 0.1) is 24.8 Å². The van der Waals surface area contributed by atoms with Crippen molar-refractivity contribution in [3.63, 3.8) is 0 Å². The van der Waals surface area contributed by atoms with Crippen molar-refractivity contribution in [1.82, 2.24) is 10.2 Å². The highest BCUT2D eigenvalue weighted by molar-refractivity contribution is 7.92. The summed E-state index contributed by atoms with van der Waals surface area (Å²) in [5.74, 6) is -0.499. The Hall–Kier alpha value is -1.62. The van der Waals surface area contributed by atoms with Crippen molar-refractivity contribution >= 4 is 54.6 Å². The molecule has 0 aliphatic rings. The average Bonchev–Trinajstić information content (AvgIpc) is 2.53. The zero-order valence-corrected chi connectivity index (χ0v) is 17.1. The lowest BCUT2D eigenvalue weighted by Crippen LogP contribution is -2.27. The Labute approximate surface area is 161 Å². The lowest BCUT2D eigenvalue weighted by molar-refractivity contribution is 0.410. The van der Waals surface area contributed by atoms with E-state index in [9.17, 15) is 16.8 Å². The number of ether oxygens (including phenoxy) is 1. The smallest absolute Gasteiger partial charge is 0.237 e. The number of halogens is 2. The molecule has 0 bridgehead atoms. The van der Waals surface area contributed by atoms with Crippen molar-refractivity contribution in [2.75, 3.05) is 23.4 Å². The quantitative estimate of drug-likeness (QED) is 0.680. The standard InChI is InChI=1S/C14H15Cl2N3O5S2/c1-4-26(22,23)13-8-12(24-2)14(18-17-13)19(25(3,20)21)11-6-9(15)5-10(16)7-11/h5-8H,4H2,1-3H3. The van der Waals surface area contributed by atoms with E-state index in [4.69, 9.17) is 27.9 Å². The fraction of sp³-hybridized carbons (Fsp3) is 0.286. The number of methoxy groups -OCH3 is 1. The summed E-state index contributed by atoms with van der Waals surface area (Å²) in [6.45, 7) is 1.45. The highest BCUT2D eigenvalue weighted by atomic mass is 35.5. The number of sulfone groups is 1. The van der Waals surface area contributed by atoms with Crippen LogP contribution in [0.1, 0.15) is 6.92 Å². The summed E-state index contributed by atoms with van der Waals surface area (Å²) in [6, 6.07) is 5.29. The minimum atomic E-state index is -3.91. The molecule has 2 rings (SSSR count). The number of benzene rings is 1. The largest absolute Gasteiger partial charge is 0.493 e. The molecule has 1 aromatic heterocycles. The predicted octanol–water partition coefficient (Wildman–Crippen LogP) is 2.68. The van der Waals surface area contributed by atoms with Crippen molar-refractivity contribution in [3.05, 3.63) is 34.3 Å². The van der Waals surface area contributed by atoms with Gasteiger partial charge < -0.3 is 4.74 Å². The minimum Gasteiger partial charge on any atom is -0.493 e. The van der Waals surface area contributed by atoms with Gasteiger partial charge in [0.2, 0.25) is 15.8 Å². The summed E-state index contributed by atoms with van der Waals surface area (Å²) in [5, 5.41) is 7.51. The van der Waals surface area contributed by atoms with Crippen LogP contribution in [-0.2, 0) is 19.9 Å². The lowest BCUT2D eigenvalue weighted by Gasteiger charge is -2.23. The fourth-order valence-corrected chi connectivity index (χ4v) is 4.26. The van der Waals surface area contributed by atoms with Gasteiger partial charge in [-0.2, -0.15) is 0 Å². The second-order valence-electron chi connectivity index (χ2n) is 5.13. The number of hydrogen-bond donors (Lipinski definition) is 0. The molecule has 0 radical (unpaired) electrons. The Balaban J connectivity index is 2.74. The summed E-state index contributed by atoms with van der Waals surface area (Å²) in [5.41, 5.74) is 0.101. The summed E-state index contributed by atoms with van der Waals surface area (Å²) in [7, 11) is -6.30. The van der Waals surface area contributed by atoms with Gasteiger partial charge >= 0.3 is 0 Å². The van der Waals surface area contributed by atoms with Gasteiger partial charge in [0, 0.05) is 16.1 Å². The van der Waals surface area contributed by atoms with Crippen LogP contribution < -0.4 is 9.04 Å². The maximum atomic E-state index is 12.4. The van der Waals surface area contributed by atoms with E-state index in [2.05, 4.69) is 10.2 Å². The summed E-state index contributed by atoms with van der Waals surface area (Å²) >= 11 is 11.9. The average molecular weight is 440 g/mol. The van der Waals surface area contributed by atoms with E-state index >= 15 is 0 Å². The van der Waals surface area contributed by atoms with Gasteiger partial charge in [0.1, 0.15) is 0 Å². The second kappa shape index (κ2) is 7.55. The lowest BCUT2D eigenvalue weighted by atomic mass is 10.3. The first-order valence-corrected chi connectivity index (χ1v) is 11.4. The third kappa shape index (κ3) is 4.37. The van der Waals surface area contributed by atoms with Gasteiger partial charge in [0.25, 0.3) is 0 Å². The van der Waals surface area contributed by atoms with Crippen molar-refractivity contribution in [3.8, 4) is 5.75 Å². The van der Waals surface area contributed by atoms with E-state index in [0.29, 0.717) is 0 Å². The predicted molar refractivity (Wildman–Crippen MR) is 99.8 cm³/mol. The Morgan fingerprint density at radius 1 is 1.04 bits per heavy atom. The van der Waals surface area contributed by atoms with Gasteiger partial charge in [-0.05, 0) is 18.2 Å². The molecule has 1 aromatic carbocycles. The first-order valence-electron chi connectivity index (χ1n) is 7.10. The molecule has 0 fully saturated rings. The number of nitrogens with zero attached hydrogens (tertiary/aromatic N) is 3. The Bertz CT molecular complexity index is 1020. The Kier molecular flexibility index (Phi) is 6.01. The molecule has 2 aromatic rings. The maximum Gasteiger partial charge on any atom is 0.237 e. The van der Waals surface area contributed by atoms with Crippen LogP contribution in [-0.4, -0.2) is 46.2 Å². The number of anilines is 2. The number of aromatic nitrogens is 2. The third-order valence-electron chi connectivity index (χ3n) is 3.24. The molecule has 0 saturated heterocycles. The van der Waals surface area contributed by atoms with E-state index in [-0.39, 0.29) is 38.1 Å². The van der Waals surface area contributed by atoms with Crippen LogP contribution in [0.5, 0.6) is 5.75 Å². The van der Waals surface area contributed by atoms with Crippen molar-refractivity contribution in [2.45, 2.75) is 11.9 Å². The first kappa shape index (κ1) is 20.7. The first-order chi connectivity index (χ1) is 12.0. The van der Waals surface area contributed by atoms with Gasteiger partial charge in [-0.25, -0.2) is 21.1 Å². The molecule has 0 unspecified atom stereocenters. The molecule has 0 N–H and O–H groups in total. The zero-order valence-electron chi connectivity index (χ0n) is 14.0. The maximum absolute atomic E-state index is 12.4. The molecule has 0 amide bonds. The van der Waals surface area contributed by atoms with Gasteiger partial charge in [0.15, 0.2) is 20.6 Å². The molecule has 0 saturated carbocycles. The molecule has 12 heteroatoms.